The van der Waals surface area contributed by atoms with Crippen molar-refractivity contribution in [3.05, 3.63) is 0 Å². The van der Waals surface area contributed by atoms with Crippen molar-refractivity contribution in [3.8, 4) is 0 Å². The number of unbranched alkanes of at least 4 members (excludes halogenated alkanes) is 5. The van der Waals surface area contributed by atoms with Crippen LogP contribution in [0.25, 0.3) is 0 Å². The average Bonchev–Trinajstić information content (AvgIpc) is 3.26. The largest absolute Gasteiger partial charge is 0.417 e. The first kappa shape index (κ1) is 18.5. The Balaban J connectivity index is 1.36. The molecule has 130 valence electrons. The second-order valence-corrected chi connectivity index (χ2v) is 12.5. The molecule has 3 heteroatoms. The minimum Gasteiger partial charge on any atom is -0.417 e. The molecule has 2 fully saturated rings. The van der Waals surface area contributed by atoms with Crippen molar-refractivity contribution in [1.82, 2.24) is 0 Å². The molecule has 2 nitrogen and oxygen atoms in total. The lowest BCUT2D eigenvalue weighted by Gasteiger charge is -2.22. The summed E-state index contributed by atoms with van der Waals surface area (Å²) in [6.45, 7) is 7.92. The topological polar surface area (TPSA) is 21.8 Å². The quantitative estimate of drug-likeness (QED) is 0.252. The number of rotatable bonds is 12. The van der Waals surface area contributed by atoms with Crippen LogP contribution in [0.2, 0.25) is 19.1 Å². The maximum Gasteiger partial charge on any atom is 0.186 e. The van der Waals surface area contributed by atoms with Crippen molar-refractivity contribution in [3.63, 3.8) is 0 Å². The summed E-state index contributed by atoms with van der Waals surface area (Å²) in [7, 11) is -1.34. The number of epoxide rings is 1. The minimum absolute atomic E-state index is 0.668. The molecule has 0 spiro atoms. The Morgan fingerprint density at radius 2 is 1.68 bits per heavy atom. The number of ether oxygens (including phenoxy) is 1. The highest BCUT2D eigenvalue weighted by molar-refractivity contribution is 6.71. The van der Waals surface area contributed by atoms with E-state index in [0.29, 0.717) is 12.2 Å². The zero-order chi connectivity index (χ0) is 15.8. The van der Waals surface area contributed by atoms with Gasteiger partial charge in [-0.05, 0) is 50.7 Å². The zero-order valence-corrected chi connectivity index (χ0v) is 16.2. The van der Waals surface area contributed by atoms with Crippen LogP contribution in [0, 0.1) is 5.92 Å². The number of fused-ring (bicyclic) bond motifs is 1. The molecule has 1 saturated heterocycles. The van der Waals surface area contributed by atoms with E-state index in [-0.39, 0.29) is 0 Å². The third-order valence-electron chi connectivity index (χ3n) is 5.45. The van der Waals surface area contributed by atoms with Crippen molar-refractivity contribution in [1.29, 1.82) is 0 Å². The van der Waals surface area contributed by atoms with Gasteiger partial charge in [0.25, 0.3) is 0 Å². The van der Waals surface area contributed by atoms with Gasteiger partial charge in [-0.3, -0.25) is 0 Å². The Kier molecular flexibility index (Phi) is 7.92. The Labute approximate surface area is 139 Å². The van der Waals surface area contributed by atoms with E-state index in [9.17, 15) is 0 Å². The Bertz CT molecular complexity index is 306. The molecule has 3 atom stereocenters. The van der Waals surface area contributed by atoms with Crippen LogP contribution in [0.3, 0.4) is 0 Å². The molecule has 0 radical (unpaired) electrons. The molecule has 22 heavy (non-hydrogen) atoms. The molecule has 2 rings (SSSR count). The van der Waals surface area contributed by atoms with Gasteiger partial charge in [0.05, 0.1) is 12.2 Å². The van der Waals surface area contributed by atoms with Gasteiger partial charge in [0, 0.05) is 6.61 Å². The van der Waals surface area contributed by atoms with Crippen LogP contribution in [0.15, 0.2) is 0 Å². The molecule has 1 aliphatic heterocycles. The Hall–Kier alpha value is 0.137. The lowest BCUT2D eigenvalue weighted by Crippen LogP contribution is -2.30. The molecular weight excluding hydrogens is 288 g/mol. The Morgan fingerprint density at radius 3 is 2.41 bits per heavy atom. The first-order valence-corrected chi connectivity index (χ1v) is 13.0. The average molecular weight is 327 g/mol. The Morgan fingerprint density at radius 1 is 0.955 bits per heavy atom. The molecule has 0 aromatic rings. The van der Waals surface area contributed by atoms with E-state index in [4.69, 9.17) is 9.16 Å². The van der Waals surface area contributed by atoms with E-state index >= 15 is 0 Å². The fraction of sp³-hybridized carbons (Fsp3) is 1.00. The van der Waals surface area contributed by atoms with Crippen molar-refractivity contribution >= 4 is 8.32 Å². The van der Waals surface area contributed by atoms with E-state index in [1.54, 1.807) is 0 Å². The highest BCUT2D eigenvalue weighted by atomic mass is 28.4. The van der Waals surface area contributed by atoms with Crippen molar-refractivity contribution in [2.75, 3.05) is 6.61 Å². The van der Waals surface area contributed by atoms with Crippen LogP contribution in [0.1, 0.15) is 77.6 Å². The van der Waals surface area contributed by atoms with Gasteiger partial charge in [-0.25, -0.2) is 0 Å². The number of hydrogen-bond donors (Lipinski definition) is 0. The SMILES string of the molecule is CCCO[Si](C)(C)CCCCCCCCC1CCC2OC2C1. The summed E-state index contributed by atoms with van der Waals surface area (Å²) in [5.41, 5.74) is 0. The summed E-state index contributed by atoms with van der Waals surface area (Å²) >= 11 is 0. The summed E-state index contributed by atoms with van der Waals surface area (Å²) in [6.07, 6.45) is 16.6. The van der Waals surface area contributed by atoms with Gasteiger partial charge in [-0.1, -0.05) is 51.9 Å². The summed E-state index contributed by atoms with van der Waals surface area (Å²) < 4.78 is 11.7. The monoisotopic (exact) mass is 326 g/mol. The van der Waals surface area contributed by atoms with Gasteiger partial charge < -0.3 is 9.16 Å². The van der Waals surface area contributed by atoms with Crippen LogP contribution in [0.5, 0.6) is 0 Å². The second kappa shape index (κ2) is 9.44. The summed E-state index contributed by atoms with van der Waals surface area (Å²) in [4.78, 5) is 0. The normalized spacial score (nSPS) is 27.7. The van der Waals surface area contributed by atoms with Gasteiger partial charge in [0.2, 0.25) is 0 Å². The molecule has 0 bridgehead atoms. The maximum atomic E-state index is 6.03. The predicted octanol–water partition coefficient (Wildman–Crippen LogP) is 5.92. The molecule has 0 aromatic carbocycles. The predicted molar refractivity (Wildman–Crippen MR) is 96.9 cm³/mol. The molecule has 1 heterocycles. The lowest BCUT2D eigenvalue weighted by molar-refractivity contribution is 0.305. The smallest absolute Gasteiger partial charge is 0.186 e. The van der Waals surface area contributed by atoms with Crippen LogP contribution in [0.4, 0.5) is 0 Å². The van der Waals surface area contributed by atoms with Crippen molar-refractivity contribution in [2.45, 2.75) is 109 Å². The van der Waals surface area contributed by atoms with E-state index in [2.05, 4.69) is 20.0 Å². The van der Waals surface area contributed by atoms with Crippen LogP contribution in [-0.4, -0.2) is 27.1 Å². The second-order valence-electron chi connectivity index (χ2n) is 8.16. The first-order chi connectivity index (χ1) is 10.6. The summed E-state index contributed by atoms with van der Waals surface area (Å²) in [5.74, 6) is 0.978. The molecule has 0 aromatic heterocycles. The van der Waals surface area contributed by atoms with Gasteiger partial charge in [-0.15, -0.1) is 0 Å². The van der Waals surface area contributed by atoms with Gasteiger partial charge in [0.1, 0.15) is 0 Å². The minimum atomic E-state index is -1.34. The molecule has 3 unspecified atom stereocenters. The zero-order valence-electron chi connectivity index (χ0n) is 15.2. The summed E-state index contributed by atoms with van der Waals surface area (Å²) in [6, 6.07) is 1.34. The molecule has 0 amide bonds. The third-order valence-corrected chi connectivity index (χ3v) is 7.99. The third kappa shape index (κ3) is 7.14. The maximum absolute atomic E-state index is 6.03. The molecule has 1 saturated carbocycles. The van der Waals surface area contributed by atoms with E-state index < -0.39 is 8.32 Å². The molecule has 2 aliphatic rings. The fourth-order valence-corrected chi connectivity index (χ4v) is 5.89. The van der Waals surface area contributed by atoms with Crippen LogP contribution >= 0.6 is 0 Å². The van der Waals surface area contributed by atoms with E-state index in [0.717, 1.165) is 18.9 Å². The highest BCUT2D eigenvalue weighted by Gasteiger charge is 2.43. The van der Waals surface area contributed by atoms with E-state index in [1.165, 1.54) is 70.3 Å². The van der Waals surface area contributed by atoms with Gasteiger partial charge in [0.15, 0.2) is 8.32 Å². The summed E-state index contributed by atoms with van der Waals surface area (Å²) in [5, 5.41) is 0. The first-order valence-electron chi connectivity index (χ1n) is 9.90. The molecular formula is C19H38O2Si. The van der Waals surface area contributed by atoms with Crippen LogP contribution in [-0.2, 0) is 9.16 Å². The lowest BCUT2D eigenvalue weighted by atomic mass is 9.85. The number of hydrogen-bond acceptors (Lipinski definition) is 2. The van der Waals surface area contributed by atoms with Crippen molar-refractivity contribution < 1.29 is 9.16 Å². The van der Waals surface area contributed by atoms with Crippen molar-refractivity contribution in [2.24, 2.45) is 5.92 Å². The standard InChI is InChI=1S/C19H38O2Si/c1-4-14-20-22(2,3)15-10-8-6-5-7-9-11-17-12-13-18-19(16-17)21-18/h17-19H,4-16H2,1-3H3. The molecule has 1 aliphatic carbocycles. The van der Waals surface area contributed by atoms with Gasteiger partial charge >= 0.3 is 0 Å². The fourth-order valence-electron chi connectivity index (χ4n) is 3.89. The highest BCUT2D eigenvalue weighted by Crippen LogP contribution is 2.41. The molecule has 0 N–H and O–H groups in total. The van der Waals surface area contributed by atoms with Crippen LogP contribution < -0.4 is 0 Å². The van der Waals surface area contributed by atoms with Gasteiger partial charge in [-0.2, -0.15) is 0 Å². The van der Waals surface area contributed by atoms with E-state index in [1.807, 2.05) is 0 Å².